The first kappa shape index (κ1) is 19.2. The third-order valence-electron chi connectivity index (χ3n) is 5.33. The Hall–Kier alpha value is -3.17. The number of nitrogens with zero attached hydrogens (tertiary/aromatic N) is 1. The van der Waals surface area contributed by atoms with Gasteiger partial charge in [0, 0.05) is 21.7 Å². The molecule has 144 valence electrons. The molecule has 0 bridgehead atoms. The van der Waals surface area contributed by atoms with Crippen LogP contribution in [0.5, 0.6) is 0 Å². The summed E-state index contributed by atoms with van der Waals surface area (Å²) >= 11 is 6.05. The largest absolute Gasteiger partial charge is 0.322 e. The summed E-state index contributed by atoms with van der Waals surface area (Å²) in [6, 6.07) is 21.2. The highest BCUT2D eigenvalue weighted by Crippen LogP contribution is 2.31. The van der Waals surface area contributed by atoms with Crippen LogP contribution >= 0.6 is 11.6 Å². The van der Waals surface area contributed by atoms with Gasteiger partial charge < -0.3 is 5.32 Å². The van der Waals surface area contributed by atoms with Crippen molar-refractivity contribution in [1.82, 2.24) is 4.98 Å². The van der Waals surface area contributed by atoms with Crippen LogP contribution in [0.2, 0.25) is 5.02 Å². The Morgan fingerprint density at radius 3 is 2.34 bits per heavy atom. The quantitative estimate of drug-likeness (QED) is 0.414. The van der Waals surface area contributed by atoms with E-state index in [4.69, 9.17) is 16.6 Å². The smallest absolute Gasteiger partial charge is 0.256 e. The molecular weight excluding hydrogens is 380 g/mol. The molecule has 0 atom stereocenters. The van der Waals surface area contributed by atoms with Crippen molar-refractivity contribution in [1.29, 1.82) is 0 Å². The molecule has 3 aromatic carbocycles. The third kappa shape index (κ3) is 3.62. The number of anilines is 1. The van der Waals surface area contributed by atoms with Gasteiger partial charge in [-0.05, 0) is 61.7 Å². The summed E-state index contributed by atoms with van der Waals surface area (Å²) in [7, 11) is 0. The molecule has 0 aliphatic rings. The van der Waals surface area contributed by atoms with Crippen LogP contribution in [-0.4, -0.2) is 10.9 Å². The van der Waals surface area contributed by atoms with Crippen molar-refractivity contribution in [2.75, 3.05) is 5.32 Å². The van der Waals surface area contributed by atoms with Crippen molar-refractivity contribution >= 4 is 34.1 Å². The normalized spacial score (nSPS) is 10.9. The summed E-state index contributed by atoms with van der Waals surface area (Å²) in [5, 5.41) is 4.61. The molecule has 4 rings (SSSR count). The lowest BCUT2D eigenvalue weighted by Gasteiger charge is -2.16. The Morgan fingerprint density at radius 1 is 0.862 bits per heavy atom. The van der Waals surface area contributed by atoms with E-state index in [-0.39, 0.29) is 5.91 Å². The van der Waals surface area contributed by atoms with Gasteiger partial charge in [-0.2, -0.15) is 0 Å². The summed E-state index contributed by atoms with van der Waals surface area (Å²) in [6.45, 7) is 6.00. The van der Waals surface area contributed by atoms with Crippen LogP contribution in [0.4, 0.5) is 5.69 Å². The number of halogens is 1. The van der Waals surface area contributed by atoms with E-state index in [1.54, 1.807) is 0 Å². The Morgan fingerprint density at radius 2 is 1.59 bits per heavy atom. The predicted molar refractivity (Wildman–Crippen MR) is 121 cm³/mol. The Labute approximate surface area is 175 Å². The SMILES string of the molecule is Cc1cccc(NC(=O)c2c(C)c(-c3ccc(Cl)cc3)nc3ccccc23)c1C. The van der Waals surface area contributed by atoms with Gasteiger partial charge in [0.1, 0.15) is 0 Å². The maximum absolute atomic E-state index is 13.4. The second-order valence-electron chi connectivity index (χ2n) is 7.19. The minimum absolute atomic E-state index is 0.134. The zero-order valence-corrected chi connectivity index (χ0v) is 17.3. The van der Waals surface area contributed by atoms with E-state index in [1.165, 1.54) is 0 Å². The highest BCUT2D eigenvalue weighted by atomic mass is 35.5. The van der Waals surface area contributed by atoms with Crippen LogP contribution in [0.15, 0.2) is 66.7 Å². The number of nitrogens with one attached hydrogen (secondary N) is 1. The van der Waals surface area contributed by atoms with E-state index >= 15 is 0 Å². The minimum atomic E-state index is -0.134. The Bertz CT molecular complexity index is 1230. The topological polar surface area (TPSA) is 42.0 Å². The number of para-hydroxylation sites is 1. The molecule has 0 unspecified atom stereocenters. The summed E-state index contributed by atoms with van der Waals surface area (Å²) < 4.78 is 0. The number of fused-ring (bicyclic) bond motifs is 1. The molecule has 1 N–H and O–H groups in total. The zero-order valence-electron chi connectivity index (χ0n) is 16.6. The monoisotopic (exact) mass is 400 g/mol. The maximum Gasteiger partial charge on any atom is 0.256 e. The van der Waals surface area contributed by atoms with E-state index in [1.807, 2.05) is 87.5 Å². The van der Waals surface area contributed by atoms with Gasteiger partial charge in [0.15, 0.2) is 0 Å². The number of pyridine rings is 1. The highest BCUT2D eigenvalue weighted by molar-refractivity contribution is 6.30. The molecule has 1 amide bonds. The first-order valence-corrected chi connectivity index (χ1v) is 9.86. The lowest BCUT2D eigenvalue weighted by atomic mass is 9.97. The van der Waals surface area contributed by atoms with Crippen LogP contribution in [0, 0.1) is 20.8 Å². The molecule has 0 saturated carbocycles. The number of carbonyl (C=O) groups excluding carboxylic acids is 1. The lowest BCUT2D eigenvalue weighted by Crippen LogP contribution is -2.16. The number of rotatable bonds is 3. The average Bonchev–Trinajstić information content (AvgIpc) is 2.71. The number of carbonyl (C=O) groups is 1. The summed E-state index contributed by atoms with van der Waals surface area (Å²) in [5.74, 6) is -0.134. The van der Waals surface area contributed by atoms with Gasteiger partial charge in [-0.25, -0.2) is 4.98 Å². The number of aryl methyl sites for hydroxylation is 1. The molecule has 0 radical (unpaired) electrons. The molecule has 3 nitrogen and oxygen atoms in total. The first-order chi connectivity index (χ1) is 14.0. The molecule has 4 aromatic rings. The van der Waals surface area contributed by atoms with Crippen molar-refractivity contribution in [2.45, 2.75) is 20.8 Å². The van der Waals surface area contributed by atoms with Crippen molar-refractivity contribution in [3.63, 3.8) is 0 Å². The molecule has 1 heterocycles. The van der Waals surface area contributed by atoms with Gasteiger partial charge >= 0.3 is 0 Å². The van der Waals surface area contributed by atoms with Crippen LogP contribution in [0.3, 0.4) is 0 Å². The standard InChI is InChI=1S/C25H21ClN2O/c1-15-7-6-10-21(16(15)2)28-25(29)23-17(3)24(18-11-13-19(26)14-12-18)27-22-9-5-4-8-20(22)23/h4-14H,1-3H3,(H,28,29). The highest BCUT2D eigenvalue weighted by Gasteiger charge is 2.19. The third-order valence-corrected chi connectivity index (χ3v) is 5.59. The van der Waals surface area contributed by atoms with Crippen molar-refractivity contribution in [2.24, 2.45) is 0 Å². The second-order valence-corrected chi connectivity index (χ2v) is 7.62. The van der Waals surface area contributed by atoms with Gasteiger partial charge in [0.05, 0.1) is 16.8 Å². The van der Waals surface area contributed by atoms with E-state index in [2.05, 4.69) is 5.32 Å². The molecular formula is C25H21ClN2O. The molecule has 0 aliphatic carbocycles. The van der Waals surface area contributed by atoms with Gasteiger partial charge in [0.25, 0.3) is 5.91 Å². The fourth-order valence-electron chi connectivity index (χ4n) is 3.56. The molecule has 4 heteroatoms. The zero-order chi connectivity index (χ0) is 20.5. The van der Waals surface area contributed by atoms with Crippen molar-refractivity contribution < 1.29 is 4.79 Å². The first-order valence-electron chi connectivity index (χ1n) is 9.48. The summed E-state index contributed by atoms with van der Waals surface area (Å²) in [6.07, 6.45) is 0. The number of hydrogen-bond acceptors (Lipinski definition) is 2. The van der Waals surface area contributed by atoms with Crippen LogP contribution in [0.1, 0.15) is 27.0 Å². The maximum atomic E-state index is 13.4. The number of hydrogen-bond donors (Lipinski definition) is 1. The van der Waals surface area contributed by atoms with Crippen molar-refractivity contribution in [3.05, 3.63) is 94.0 Å². The average molecular weight is 401 g/mol. The van der Waals surface area contributed by atoms with Crippen LogP contribution in [-0.2, 0) is 0 Å². The Kier molecular flexibility index (Phi) is 5.08. The van der Waals surface area contributed by atoms with Gasteiger partial charge in [-0.1, -0.05) is 54.1 Å². The molecule has 0 fully saturated rings. The van der Waals surface area contributed by atoms with Gasteiger partial charge in [-0.15, -0.1) is 0 Å². The van der Waals surface area contributed by atoms with Crippen LogP contribution < -0.4 is 5.32 Å². The lowest BCUT2D eigenvalue weighted by molar-refractivity contribution is 0.102. The number of aromatic nitrogens is 1. The molecule has 0 saturated heterocycles. The predicted octanol–water partition coefficient (Wildman–Crippen LogP) is 6.73. The second kappa shape index (κ2) is 7.69. The summed E-state index contributed by atoms with van der Waals surface area (Å²) in [4.78, 5) is 18.2. The number of amides is 1. The number of benzene rings is 3. The molecule has 0 spiro atoms. The minimum Gasteiger partial charge on any atom is -0.322 e. The van der Waals surface area contributed by atoms with Crippen LogP contribution in [0.25, 0.3) is 22.2 Å². The fourth-order valence-corrected chi connectivity index (χ4v) is 3.69. The van der Waals surface area contributed by atoms with Gasteiger partial charge in [0.2, 0.25) is 0 Å². The van der Waals surface area contributed by atoms with Crippen molar-refractivity contribution in [3.8, 4) is 11.3 Å². The van der Waals surface area contributed by atoms with E-state index in [0.29, 0.717) is 10.6 Å². The van der Waals surface area contributed by atoms with Gasteiger partial charge in [-0.3, -0.25) is 4.79 Å². The molecule has 0 aliphatic heterocycles. The Balaban J connectivity index is 1.88. The van der Waals surface area contributed by atoms with E-state index in [9.17, 15) is 4.79 Å². The molecule has 29 heavy (non-hydrogen) atoms. The van der Waals surface area contributed by atoms with E-state index in [0.717, 1.165) is 44.5 Å². The van der Waals surface area contributed by atoms with E-state index < -0.39 is 0 Å². The fraction of sp³-hybridized carbons (Fsp3) is 0.120. The summed E-state index contributed by atoms with van der Waals surface area (Å²) in [5.41, 5.74) is 7.01. The molecule has 1 aromatic heterocycles.